The lowest BCUT2D eigenvalue weighted by Gasteiger charge is -2.03. The van der Waals surface area contributed by atoms with Gasteiger partial charge in [-0.25, -0.2) is 13.1 Å². The van der Waals surface area contributed by atoms with Crippen LogP contribution in [-0.4, -0.2) is 39.4 Å². The van der Waals surface area contributed by atoms with Crippen LogP contribution in [0.1, 0.15) is 13.3 Å². The van der Waals surface area contributed by atoms with Gasteiger partial charge in [0.2, 0.25) is 10.0 Å². The van der Waals surface area contributed by atoms with E-state index in [0.29, 0.717) is 6.42 Å². The van der Waals surface area contributed by atoms with Gasteiger partial charge in [0, 0.05) is 6.54 Å². The van der Waals surface area contributed by atoms with Crippen LogP contribution in [0.5, 0.6) is 0 Å². The molecule has 0 saturated carbocycles. The van der Waals surface area contributed by atoms with Crippen LogP contribution < -0.4 is 4.72 Å². The summed E-state index contributed by atoms with van der Waals surface area (Å²) in [5.41, 5.74) is 0. The Morgan fingerprint density at radius 2 is 1.69 bits per heavy atom. The molecule has 6 nitrogen and oxygen atoms in total. The van der Waals surface area contributed by atoms with Crippen molar-refractivity contribution >= 4 is 20.1 Å². The Labute approximate surface area is 78.1 Å². The number of sulfonamides is 1. The van der Waals surface area contributed by atoms with Crippen molar-refractivity contribution < 1.29 is 21.4 Å². The normalized spacial score (nSPS) is 13.1. The largest absolute Gasteiger partial charge is 0.286 e. The minimum atomic E-state index is -4.20. The van der Waals surface area contributed by atoms with E-state index in [9.17, 15) is 16.8 Å². The molecule has 0 heterocycles. The molecule has 0 unspecified atom stereocenters. The molecule has 0 aliphatic rings. The summed E-state index contributed by atoms with van der Waals surface area (Å²) >= 11 is 0. The van der Waals surface area contributed by atoms with Gasteiger partial charge in [-0.3, -0.25) is 4.55 Å². The third kappa shape index (κ3) is 8.16. The quantitative estimate of drug-likeness (QED) is 0.583. The summed E-state index contributed by atoms with van der Waals surface area (Å²) < 4.78 is 52.8. The van der Waals surface area contributed by atoms with E-state index in [1.54, 1.807) is 6.92 Å². The zero-order chi connectivity index (χ0) is 10.5. The summed E-state index contributed by atoms with van der Waals surface area (Å²) in [6, 6.07) is 0. The smallest absolute Gasteiger partial charge is 0.265 e. The first-order valence-corrected chi connectivity index (χ1v) is 6.95. The van der Waals surface area contributed by atoms with Crippen molar-refractivity contribution in [2.75, 3.05) is 18.1 Å². The first-order chi connectivity index (χ1) is 5.77. The van der Waals surface area contributed by atoms with Crippen LogP contribution in [0.3, 0.4) is 0 Å². The topological polar surface area (TPSA) is 101 Å². The van der Waals surface area contributed by atoms with Crippen LogP contribution in [0, 0.1) is 0 Å². The molecule has 0 saturated heterocycles. The maximum Gasteiger partial charge on any atom is 0.265 e. The molecule has 2 N–H and O–H groups in total. The summed E-state index contributed by atoms with van der Waals surface area (Å²) in [5.74, 6) is -1.38. The van der Waals surface area contributed by atoms with Crippen molar-refractivity contribution in [3.63, 3.8) is 0 Å². The molecule has 0 amide bonds. The summed E-state index contributed by atoms with van der Waals surface area (Å²) in [4.78, 5) is 0. The summed E-state index contributed by atoms with van der Waals surface area (Å²) in [6.07, 6.45) is 0.630. The minimum absolute atomic E-state index is 0.272. The molecule has 0 aromatic carbocycles. The van der Waals surface area contributed by atoms with Crippen molar-refractivity contribution in [1.29, 1.82) is 0 Å². The summed E-state index contributed by atoms with van der Waals surface area (Å²) in [7, 11) is -7.77. The highest BCUT2D eigenvalue weighted by Gasteiger charge is 2.14. The lowest BCUT2D eigenvalue weighted by atomic mass is 10.5. The molecule has 0 aliphatic carbocycles. The first kappa shape index (κ1) is 12.8. The third-order valence-electron chi connectivity index (χ3n) is 1.18. The Morgan fingerprint density at radius 3 is 2.08 bits per heavy atom. The van der Waals surface area contributed by atoms with E-state index in [1.807, 2.05) is 0 Å². The second-order valence-electron chi connectivity index (χ2n) is 2.50. The van der Waals surface area contributed by atoms with Gasteiger partial charge < -0.3 is 0 Å². The first-order valence-electron chi connectivity index (χ1n) is 3.69. The molecular weight excluding hydrogens is 218 g/mol. The predicted octanol–water partition coefficient (Wildman–Crippen LogP) is -0.796. The summed E-state index contributed by atoms with van der Waals surface area (Å²) in [6.45, 7) is 2.05. The van der Waals surface area contributed by atoms with Crippen molar-refractivity contribution in [2.45, 2.75) is 13.3 Å². The fourth-order valence-corrected chi connectivity index (χ4v) is 2.92. The van der Waals surface area contributed by atoms with Crippen LogP contribution in [0.15, 0.2) is 0 Å². The fourth-order valence-electron chi connectivity index (χ4n) is 0.545. The van der Waals surface area contributed by atoms with Gasteiger partial charge in [-0.15, -0.1) is 0 Å². The Morgan fingerprint density at radius 1 is 1.15 bits per heavy atom. The molecule has 13 heavy (non-hydrogen) atoms. The van der Waals surface area contributed by atoms with Gasteiger partial charge in [-0.05, 0) is 6.42 Å². The molecule has 0 bridgehead atoms. The average molecular weight is 231 g/mol. The number of rotatable bonds is 6. The molecule has 0 aliphatic heterocycles. The Hall–Kier alpha value is -0.180. The predicted molar refractivity (Wildman–Crippen MR) is 48.5 cm³/mol. The molecule has 0 atom stereocenters. The third-order valence-corrected chi connectivity index (χ3v) is 3.55. The average Bonchev–Trinajstić information content (AvgIpc) is 1.97. The highest BCUT2D eigenvalue weighted by molar-refractivity contribution is 7.91. The molecule has 0 radical (unpaired) electrons. The van der Waals surface area contributed by atoms with Crippen LogP contribution in [0.25, 0.3) is 0 Å². The number of hydrogen-bond acceptors (Lipinski definition) is 4. The fraction of sp³-hybridized carbons (Fsp3) is 1.00. The second-order valence-corrected chi connectivity index (χ2v) is 6.00. The van der Waals surface area contributed by atoms with Crippen molar-refractivity contribution in [3.05, 3.63) is 0 Å². The van der Waals surface area contributed by atoms with E-state index >= 15 is 0 Å². The van der Waals surface area contributed by atoms with Crippen molar-refractivity contribution in [1.82, 2.24) is 4.72 Å². The standard InChI is InChI=1S/C5H13NO5S2/c1-2-3-6-12(7,8)4-5-13(9,10)11/h6H,2-5H2,1H3,(H,9,10,11). The minimum Gasteiger partial charge on any atom is -0.286 e. The van der Waals surface area contributed by atoms with Gasteiger partial charge in [0.15, 0.2) is 0 Å². The van der Waals surface area contributed by atoms with Crippen molar-refractivity contribution in [3.8, 4) is 0 Å². The lowest BCUT2D eigenvalue weighted by molar-refractivity contribution is 0.484. The SMILES string of the molecule is CCCNS(=O)(=O)CCS(=O)(=O)O. The van der Waals surface area contributed by atoms with E-state index in [2.05, 4.69) is 4.72 Å². The van der Waals surface area contributed by atoms with Crippen LogP contribution in [0.4, 0.5) is 0 Å². The van der Waals surface area contributed by atoms with Crippen molar-refractivity contribution in [2.24, 2.45) is 0 Å². The maximum atomic E-state index is 10.9. The van der Waals surface area contributed by atoms with Gasteiger partial charge in [-0.2, -0.15) is 8.42 Å². The molecule has 0 rings (SSSR count). The Bertz CT molecular complexity index is 330. The number of hydrogen-bond donors (Lipinski definition) is 2. The van der Waals surface area contributed by atoms with Gasteiger partial charge in [-0.1, -0.05) is 6.92 Å². The molecule has 80 valence electrons. The van der Waals surface area contributed by atoms with E-state index in [4.69, 9.17) is 4.55 Å². The highest BCUT2D eigenvalue weighted by atomic mass is 32.2. The number of nitrogens with one attached hydrogen (secondary N) is 1. The molecule has 0 fully saturated rings. The molecule has 0 aromatic heterocycles. The summed E-state index contributed by atoms with van der Waals surface area (Å²) in [5, 5.41) is 0. The van der Waals surface area contributed by atoms with Gasteiger partial charge in [0.25, 0.3) is 10.1 Å². The second kappa shape index (κ2) is 4.89. The molecular formula is C5H13NO5S2. The van der Waals surface area contributed by atoms with Crippen LogP contribution in [-0.2, 0) is 20.1 Å². The van der Waals surface area contributed by atoms with E-state index in [-0.39, 0.29) is 6.54 Å². The zero-order valence-electron chi connectivity index (χ0n) is 7.23. The van der Waals surface area contributed by atoms with Gasteiger partial charge in [0.05, 0.1) is 11.5 Å². The Balaban J connectivity index is 4.05. The lowest BCUT2D eigenvalue weighted by Crippen LogP contribution is -2.30. The van der Waals surface area contributed by atoms with Crippen LogP contribution in [0.2, 0.25) is 0 Å². The molecule has 0 aromatic rings. The van der Waals surface area contributed by atoms with Gasteiger partial charge in [0.1, 0.15) is 0 Å². The van der Waals surface area contributed by atoms with Crippen LogP contribution >= 0.6 is 0 Å². The van der Waals surface area contributed by atoms with Gasteiger partial charge >= 0.3 is 0 Å². The monoisotopic (exact) mass is 231 g/mol. The maximum absolute atomic E-state index is 10.9. The highest BCUT2D eigenvalue weighted by Crippen LogP contribution is 1.89. The Kier molecular flexibility index (Phi) is 4.82. The molecule has 8 heteroatoms. The molecule has 0 spiro atoms. The van der Waals surface area contributed by atoms with E-state index in [1.165, 1.54) is 0 Å². The van der Waals surface area contributed by atoms with E-state index in [0.717, 1.165) is 0 Å². The zero-order valence-corrected chi connectivity index (χ0v) is 8.86. The van der Waals surface area contributed by atoms with E-state index < -0.39 is 31.6 Å².